The average Bonchev–Trinajstić information content (AvgIpc) is 2.93. The molecule has 0 aromatic heterocycles. The maximum absolute atomic E-state index is 11.4. The Hall–Kier alpha value is -0.990. The highest BCUT2D eigenvalue weighted by molar-refractivity contribution is 5.81. The molecule has 0 aromatic carbocycles. The number of rotatable bonds is 4. The fraction of sp³-hybridized carbons (Fsp3) is 0.824. The van der Waals surface area contributed by atoms with Crippen molar-refractivity contribution >= 4 is 5.97 Å². The fourth-order valence-electron chi connectivity index (χ4n) is 3.37. The van der Waals surface area contributed by atoms with Gasteiger partial charge in [0.25, 0.3) is 0 Å². The zero-order valence-corrected chi connectivity index (χ0v) is 14.8. The second kappa shape index (κ2) is 6.38. The number of carbonyl (C=O) groups is 1. The lowest BCUT2D eigenvalue weighted by Crippen LogP contribution is -2.54. The van der Waals surface area contributed by atoms with E-state index in [-0.39, 0.29) is 30.4 Å². The first-order valence-corrected chi connectivity index (χ1v) is 8.41. The van der Waals surface area contributed by atoms with E-state index in [4.69, 9.17) is 28.4 Å². The van der Waals surface area contributed by atoms with Crippen molar-refractivity contribution in [2.24, 2.45) is 0 Å². The van der Waals surface area contributed by atoms with Crippen molar-refractivity contribution in [2.75, 3.05) is 6.61 Å². The Bertz CT molecular complexity index is 513. The number of fused-ring (bicyclic) bond motifs is 3. The molecule has 3 heterocycles. The molecule has 0 unspecified atom stereocenters. The molecular formula is C17H26O7. The first-order chi connectivity index (χ1) is 11.2. The van der Waals surface area contributed by atoms with Crippen molar-refractivity contribution in [3.8, 4) is 0 Å². The minimum absolute atomic E-state index is 0.276. The molecule has 7 nitrogen and oxygen atoms in total. The number of ether oxygens (including phenoxy) is 6. The molecule has 0 aromatic rings. The standard InChI is InChI=1S/C17H26O7/c1-6-19-11(18)9-7-8-10-12-13(22-16(2,3)21-12)14-15(20-10)24-17(4,5)23-14/h7,9-10,12-15H,6,8H2,1-5H3/b9-7-/t10-,12+,13+,14-,15-/m1/s1. The van der Waals surface area contributed by atoms with Crippen molar-refractivity contribution < 1.29 is 33.2 Å². The Kier molecular flexibility index (Phi) is 4.74. The van der Waals surface area contributed by atoms with Crippen molar-refractivity contribution in [3.63, 3.8) is 0 Å². The monoisotopic (exact) mass is 342 g/mol. The summed E-state index contributed by atoms with van der Waals surface area (Å²) in [6.07, 6.45) is 1.93. The van der Waals surface area contributed by atoms with Crippen molar-refractivity contribution in [3.05, 3.63) is 12.2 Å². The van der Waals surface area contributed by atoms with Gasteiger partial charge < -0.3 is 28.4 Å². The minimum atomic E-state index is -0.731. The number of esters is 1. The first kappa shape index (κ1) is 17.8. The van der Waals surface area contributed by atoms with Gasteiger partial charge in [-0.3, -0.25) is 0 Å². The van der Waals surface area contributed by atoms with Crippen LogP contribution in [-0.2, 0) is 33.2 Å². The van der Waals surface area contributed by atoms with Gasteiger partial charge in [-0.05, 0) is 41.0 Å². The van der Waals surface area contributed by atoms with E-state index in [1.807, 2.05) is 27.7 Å². The molecule has 3 fully saturated rings. The predicted octanol–water partition coefficient (Wildman–Crippen LogP) is 1.89. The van der Waals surface area contributed by atoms with Crippen LogP contribution < -0.4 is 0 Å². The third-order valence-electron chi connectivity index (χ3n) is 4.16. The highest BCUT2D eigenvalue weighted by Crippen LogP contribution is 2.44. The largest absolute Gasteiger partial charge is 0.463 e. The molecule has 3 saturated heterocycles. The molecule has 0 saturated carbocycles. The Morgan fingerprint density at radius 3 is 2.33 bits per heavy atom. The highest BCUT2D eigenvalue weighted by atomic mass is 16.9. The quantitative estimate of drug-likeness (QED) is 0.570. The molecule has 5 atom stereocenters. The molecular weight excluding hydrogens is 316 g/mol. The second-order valence-electron chi connectivity index (χ2n) is 7.10. The van der Waals surface area contributed by atoms with Crippen LogP contribution in [0.15, 0.2) is 12.2 Å². The van der Waals surface area contributed by atoms with E-state index >= 15 is 0 Å². The van der Waals surface area contributed by atoms with Crippen LogP contribution in [0.1, 0.15) is 41.0 Å². The Labute approximate surface area is 142 Å². The summed E-state index contributed by atoms with van der Waals surface area (Å²) in [5.74, 6) is -1.81. The number of hydrogen-bond donors (Lipinski definition) is 0. The van der Waals surface area contributed by atoms with Crippen LogP contribution in [0.4, 0.5) is 0 Å². The van der Waals surface area contributed by atoms with Crippen LogP contribution in [0.25, 0.3) is 0 Å². The summed E-state index contributed by atoms with van der Waals surface area (Å²) in [7, 11) is 0. The molecule has 3 aliphatic heterocycles. The summed E-state index contributed by atoms with van der Waals surface area (Å²) in [6, 6.07) is 0. The third kappa shape index (κ3) is 3.65. The van der Waals surface area contributed by atoms with E-state index in [1.54, 1.807) is 13.0 Å². The van der Waals surface area contributed by atoms with Gasteiger partial charge in [0, 0.05) is 6.08 Å². The molecule has 0 aliphatic carbocycles. The molecule has 0 spiro atoms. The SMILES string of the molecule is CCOC(=O)/C=C\C[C@H]1O[C@@H]2OC(C)(C)O[C@@H]2[C@H]2OC(C)(C)O[C@H]21. The van der Waals surface area contributed by atoms with Gasteiger partial charge in [-0.1, -0.05) is 6.08 Å². The average molecular weight is 342 g/mol. The summed E-state index contributed by atoms with van der Waals surface area (Å²) in [5, 5.41) is 0. The van der Waals surface area contributed by atoms with Gasteiger partial charge in [0.1, 0.15) is 18.3 Å². The highest BCUT2D eigenvalue weighted by Gasteiger charge is 2.60. The van der Waals surface area contributed by atoms with Crippen LogP contribution >= 0.6 is 0 Å². The molecule has 3 rings (SSSR count). The lowest BCUT2D eigenvalue weighted by Gasteiger charge is -2.36. The smallest absolute Gasteiger partial charge is 0.330 e. The van der Waals surface area contributed by atoms with Crippen LogP contribution in [0, 0.1) is 0 Å². The van der Waals surface area contributed by atoms with Gasteiger partial charge in [-0.2, -0.15) is 0 Å². The van der Waals surface area contributed by atoms with Gasteiger partial charge in [-0.15, -0.1) is 0 Å². The van der Waals surface area contributed by atoms with E-state index in [2.05, 4.69) is 0 Å². The summed E-state index contributed by atoms with van der Waals surface area (Å²) >= 11 is 0. The van der Waals surface area contributed by atoms with Crippen LogP contribution in [0.5, 0.6) is 0 Å². The summed E-state index contributed by atoms with van der Waals surface area (Å²) in [5.41, 5.74) is 0. The summed E-state index contributed by atoms with van der Waals surface area (Å²) < 4.78 is 34.7. The molecule has 136 valence electrons. The van der Waals surface area contributed by atoms with Crippen molar-refractivity contribution in [1.82, 2.24) is 0 Å². The van der Waals surface area contributed by atoms with Crippen LogP contribution in [0.2, 0.25) is 0 Å². The third-order valence-corrected chi connectivity index (χ3v) is 4.16. The maximum atomic E-state index is 11.4. The predicted molar refractivity (Wildman–Crippen MR) is 82.9 cm³/mol. The van der Waals surface area contributed by atoms with E-state index in [1.165, 1.54) is 6.08 Å². The normalized spacial score (nSPS) is 39.6. The van der Waals surface area contributed by atoms with Gasteiger partial charge in [-0.25, -0.2) is 4.79 Å². The minimum Gasteiger partial charge on any atom is -0.463 e. The van der Waals surface area contributed by atoms with Gasteiger partial charge in [0.15, 0.2) is 17.9 Å². The Balaban J connectivity index is 1.72. The van der Waals surface area contributed by atoms with Crippen LogP contribution in [0.3, 0.4) is 0 Å². The molecule has 0 radical (unpaired) electrons. The Morgan fingerprint density at radius 1 is 1.00 bits per heavy atom. The zero-order chi connectivity index (χ0) is 17.5. The van der Waals surface area contributed by atoms with Crippen molar-refractivity contribution in [2.45, 2.75) is 83.3 Å². The zero-order valence-electron chi connectivity index (χ0n) is 14.8. The molecule has 0 bridgehead atoms. The van der Waals surface area contributed by atoms with E-state index in [9.17, 15) is 4.79 Å². The number of hydrogen-bond acceptors (Lipinski definition) is 7. The summed E-state index contributed by atoms with van der Waals surface area (Å²) in [6.45, 7) is 9.55. The lowest BCUT2D eigenvalue weighted by atomic mass is 9.97. The number of carbonyl (C=O) groups excluding carboxylic acids is 1. The molecule has 24 heavy (non-hydrogen) atoms. The first-order valence-electron chi connectivity index (χ1n) is 8.41. The van der Waals surface area contributed by atoms with Gasteiger partial charge in [0.05, 0.1) is 12.7 Å². The molecule has 7 heteroatoms. The Morgan fingerprint density at radius 2 is 1.62 bits per heavy atom. The molecule has 3 aliphatic rings. The van der Waals surface area contributed by atoms with Crippen LogP contribution in [-0.4, -0.2) is 54.9 Å². The van der Waals surface area contributed by atoms with E-state index < -0.39 is 17.9 Å². The molecule has 0 N–H and O–H groups in total. The van der Waals surface area contributed by atoms with E-state index in [0.29, 0.717) is 13.0 Å². The maximum Gasteiger partial charge on any atom is 0.330 e. The van der Waals surface area contributed by atoms with Crippen molar-refractivity contribution in [1.29, 1.82) is 0 Å². The molecule has 0 amide bonds. The van der Waals surface area contributed by atoms with Gasteiger partial charge in [0.2, 0.25) is 0 Å². The second-order valence-corrected chi connectivity index (χ2v) is 7.10. The lowest BCUT2D eigenvalue weighted by molar-refractivity contribution is -0.232. The topological polar surface area (TPSA) is 72.5 Å². The van der Waals surface area contributed by atoms with Gasteiger partial charge >= 0.3 is 5.97 Å². The fourth-order valence-corrected chi connectivity index (χ4v) is 3.37. The van der Waals surface area contributed by atoms with E-state index in [0.717, 1.165) is 0 Å². The summed E-state index contributed by atoms with van der Waals surface area (Å²) in [4.78, 5) is 11.4.